The fourth-order valence-electron chi connectivity index (χ4n) is 1.92. The largest absolute Gasteiger partial charge is 0.368 e. The van der Waals surface area contributed by atoms with Gasteiger partial charge in [-0.25, -0.2) is 9.97 Å². The quantitative estimate of drug-likeness (QED) is 0.905. The summed E-state index contributed by atoms with van der Waals surface area (Å²) in [7, 11) is 0. The summed E-state index contributed by atoms with van der Waals surface area (Å²) in [6.45, 7) is 5.72. The molecule has 1 heterocycles. The van der Waals surface area contributed by atoms with Gasteiger partial charge < -0.3 is 10.6 Å². The van der Waals surface area contributed by atoms with E-state index >= 15 is 0 Å². The molecule has 2 N–H and O–H groups in total. The van der Waals surface area contributed by atoms with Gasteiger partial charge in [-0.2, -0.15) is 5.26 Å². The van der Waals surface area contributed by atoms with Gasteiger partial charge >= 0.3 is 0 Å². The number of carbonyl (C=O) groups excluding carboxylic acids is 1. The van der Waals surface area contributed by atoms with E-state index in [0.29, 0.717) is 22.9 Å². The van der Waals surface area contributed by atoms with Gasteiger partial charge in [0.2, 0.25) is 0 Å². The lowest BCUT2D eigenvalue weighted by molar-refractivity contribution is 0.102. The molecule has 0 saturated heterocycles. The molecule has 0 saturated carbocycles. The number of aryl methyl sites for hydroxylation is 1. The Hall–Kier alpha value is -2.94. The van der Waals surface area contributed by atoms with E-state index in [2.05, 4.69) is 20.6 Å². The predicted molar refractivity (Wildman–Crippen MR) is 84.6 cm³/mol. The molecule has 0 fully saturated rings. The third kappa shape index (κ3) is 4.03. The Morgan fingerprint density at radius 1 is 1.27 bits per heavy atom. The second-order valence-electron chi connectivity index (χ2n) is 5.13. The Labute approximate surface area is 129 Å². The molecule has 0 bridgehead atoms. The predicted octanol–water partition coefficient (Wildman–Crippen LogP) is 2.73. The van der Waals surface area contributed by atoms with Gasteiger partial charge in [0.15, 0.2) is 0 Å². The summed E-state index contributed by atoms with van der Waals surface area (Å²) < 4.78 is 0. The maximum atomic E-state index is 12.3. The Morgan fingerprint density at radius 2 is 2.05 bits per heavy atom. The summed E-state index contributed by atoms with van der Waals surface area (Å²) in [6.07, 6.45) is 0. The molecule has 0 atom stereocenters. The van der Waals surface area contributed by atoms with Crippen LogP contribution in [0.1, 0.15) is 35.7 Å². The number of anilines is 2. The highest BCUT2D eigenvalue weighted by Gasteiger charge is 2.11. The number of nitriles is 1. The van der Waals surface area contributed by atoms with Crippen molar-refractivity contribution in [1.29, 1.82) is 5.26 Å². The maximum absolute atomic E-state index is 12.3. The second-order valence-corrected chi connectivity index (χ2v) is 5.13. The number of hydrogen-bond acceptors (Lipinski definition) is 5. The van der Waals surface area contributed by atoms with E-state index in [4.69, 9.17) is 5.26 Å². The van der Waals surface area contributed by atoms with Gasteiger partial charge in [0.25, 0.3) is 5.91 Å². The highest BCUT2D eigenvalue weighted by molar-refractivity contribution is 6.03. The molecule has 0 unspecified atom stereocenters. The second kappa shape index (κ2) is 6.68. The highest BCUT2D eigenvalue weighted by atomic mass is 16.1. The van der Waals surface area contributed by atoms with Gasteiger partial charge in [0, 0.05) is 17.8 Å². The fourth-order valence-corrected chi connectivity index (χ4v) is 1.92. The molecule has 0 aliphatic heterocycles. The molecule has 1 aromatic carbocycles. The van der Waals surface area contributed by atoms with Crippen molar-refractivity contribution in [3.63, 3.8) is 0 Å². The topological polar surface area (TPSA) is 90.7 Å². The number of hydrogen-bond donors (Lipinski definition) is 2. The molecule has 6 nitrogen and oxygen atoms in total. The van der Waals surface area contributed by atoms with Crippen molar-refractivity contribution < 1.29 is 4.79 Å². The van der Waals surface area contributed by atoms with Gasteiger partial charge in [-0.05, 0) is 39.0 Å². The van der Waals surface area contributed by atoms with Crippen LogP contribution in [0.2, 0.25) is 0 Å². The van der Waals surface area contributed by atoms with Gasteiger partial charge in [-0.1, -0.05) is 6.07 Å². The first-order valence-corrected chi connectivity index (χ1v) is 6.91. The SMILES string of the molecule is Cc1nc(NC(C)C)cc(C(=O)Nc2cccc(C#N)c2)n1. The lowest BCUT2D eigenvalue weighted by atomic mass is 10.2. The van der Waals surface area contributed by atoms with Crippen LogP contribution in [0.25, 0.3) is 0 Å². The smallest absolute Gasteiger partial charge is 0.274 e. The molecule has 2 rings (SSSR count). The summed E-state index contributed by atoms with van der Waals surface area (Å²) in [5, 5.41) is 14.8. The van der Waals surface area contributed by atoms with Crippen LogP contribution in [-0.2, 0) is 0 Å². The first-order valence-electron chi connectivity index (χ1n) is 6.91. The molecule has 1 aromatic heterocycles. The summed E-state index contributed by atoms with van der Waals surface area (Å²) in [6, 6.07) is 10.6. The minimum Gasteiger partial charge on any atom is -0.368 e. The Bertz CT molecular complexity index is 734. The van der Waals surface area contributed by atoms with Crippen molar-refractivity contribution in [2.75, 3.05) is 10.6 Å². The van der Waals surface area contributed by atoms with Crippen molar-refractivity contribution >= 4 is 17.4 Å². The van der Waals surface area contributed by atoms with E-state index in [1.165, 1.54) is 0 Å². The fraction of sp³-hybridized carbons (Fsp3) is 0.250. The van der Waals surface area contributed by atoms with Crippen LogP contribution in [0.3, 0.4) is 0 Å². The van der Waals surface area contributed by atoms with Crippen LogP contribution in [0, 0.1) is 18.3 Å². The van der Waals surface area contributed by atoms with Crippen LogP contribution in [0.5, 0.6) is 0 Å². The van der Waals surface area contributed by atoms with Crippen molar-refractivity contribution in [3.05, 3.63) is 47.4 Å². The molecule has 0 aliphatic carbocycles. The molecule has 2 aromatic rings. The van der Waals surface area contributed by atoms with Crippen molar-refractivity contribution in [2.24, 2.45) is 0 Å². The van der Waals surface area contributed by atoms with Crippen LogP contribution in [0.4, 0.5) is 11.5 Å². The third-order valence-corrected chi connectivity index (χ3v) is 2.76. The number of benzene rings is 1. The number of rotatable bonds is 4. The van der Waals surface area contributed by atoms with Crippen LogP contribution in [-0.4, -0.2) is 21.9 Å². The van der Waals surface area contributed by atoms with E-state index in [0.717, 1.165) is 0 Å². The molecular formula is C16H17N5O. The van der Waals surface area contributed by atoms with Crippen LogP contribution < -0.4 is 10.6 Å². The van der Waals surface area contributed by atoms with Gasteiger partial charge in [0.1, 0.15) is 17.3 Å². The van der Waals surface area contributed by atoms with Gasteiger partial charge in [-0.3, -0.25) is 4.79 Å². The Balaban J connectivity index is 2.22. The zero-order valence-corrected chi connectivity index (χ0v) is 12.7. The van der Waals surface area contributed by atoms with Crippen molar-refractivity contribution in [2.45, 2.75) is 26.8 Å². The molecule has 0 spiro atoms. The average molecular weight is 295 g/mol. The van der Waals surface area contributed by atoms with Crippen molar-refractivity contribution in [3.8, 4) is 6.07 Å². The van der Waals surface area contributed by atoms with E-state index in [-0.39, 0.29) is 17.6 Å². The normalized spacial score (nSPS) is 10.1. The van der Waals surface area contributed by atoms with E-state index in [1.54, 1.807) is 37.3 Å². The Morgan fingerprint density at radius 3 is 2.73 bits per heavy atom. The molecule has 0 radical (unpaired) electrons. The lowest BCUT2D eigenvalue weighted by Crippen LogP contribution is -2.17. The number of carbonyl (C=O) groups is 1. The first kappa shape index (κ1) is 15.4. The minimum absolute atomic E-state index is 0.206. The number of nitrogens with one attached hydrogen (secondary N) is 2. The summed E-state index contributed by atoms with van der Waals surface area (Å²) in [5.41, 5.74) is 1.32. The number of amides is 1. The summed E-state index contributed by atoms with van der Waals surface area (Å²) >= 11 is 0. The number of nitrogens with zero attached hydrogens (tertiary/aromatic N) is 3. The van der Waals surface area contributed by atoms with E-state index in [9.17, 15) is 4.79 Å². The molecule has 6 heteroatoms. The zero-order valence-electron chi connectivity index (χ0n) is 12.7. The lowest BCUT2D eigenvalue weighted by Gasteiger charge is -2.11. The van der Waals surface area contributed by atoms with Gasteiger partial charge in [-0.15, -0.1) is 0 Å². The van der Waals surface area contributed by atoms with Crippen LogP contribution in [0.15, 0.2) is 30.3 Å². The summed E-state index contributed by atoms with van der Waals surface area (Å²) in [5.74, 6) is 0.785. The van der Waals surface area contributed by atoms with E-state index < -0.39 is 0 Å². The average Bonchev–Trinajstić information content (AvgIpc) is 2.46. The van der Waals surface area contributed by atoms with Crippen LogP contribution >= 0.6 is 0 Å². The van der Waals surface area contributed by atoms with Gasteiger partial charge in [0.05, 0.1) is 11.6 Å². The molecular weight excluding hydrogens is 278 g/mol. The molecule has 112 valence electrons. The zero-order chi connectivity index (χ0) is 16.1. The first-order chi connectivity index (χ1) is 10.5. The highest BCUT2D eigenvalue weighted by Crippen LogP contribution is 2.13. The minimum atomic E-state index is -0.340. The Kier molecular flexibility index (Phi) is 4.69. The third-order valence-electron chi connectivity index (χ3n) is 2.76. The van der Waals surface area contributed by atoms with Crippen molar-refractivity contribution in [1.82, 2.24) is 9.97 Å². The molecule has 1 amide bonds. The molecule has 22 heavy (non-hydrogen) atoms. The maximum Gasteiger partial charge on any atom is 0.274 e. The molecule has 0 aliphatic rings. The number of aromatic nitrogens is 2. The summed E-state index contributed by atoms with van der Waals surface area (Å²) in [4.78, 5) is 20.7. The monoisotopic (exact) mass is 295 g/mol. The van der Waals surface area contributed by atoms with E-state index in [1.807, 2.05) is 19.9 Å². The standard InChI is InChI=1S/C16H17N5O/c1-10(2)18-15-8-14(19-11(3)20-15)16(22)21-13-6-4-5-12(7-13)9-17/h4-8,10H,1-3H3,(H,21,22)(H,18,19,20).